The number of ether oxygens (including phenoxy) is 1. The number of likely N-dealkylation sites (tertiary alicyclic amines) is 1. The molecule has 2 fully saturated rings. The van der Waals surface area contributed by atoms with E-state index in [0.29, 0.717) is 50.6 Å². The van der Waals surface area contributed by atoms with Crippen molar-refractivity contribution >= 4 is 23.2 Å². The van der Waals surface area contributed by atoms with Gasteiger partial charge in [0.25, 0.3) is 0 Å². The van der Waals surface area contributed by atoms with Gasteiger partial charge in [-0.15, -0.1) is 0 Å². The summed E-state index contributed by atoms with van der Waals surface area (Å²) in [6, 6.07) is 10.6. The van der Waals surface area contributed by atoms with E-state index in [4.69, 9.17) is 27.8 Å². The normalized spacial score (nSPS) is 16.5. The van der Waals surface area contributed by atoms with Gasteiger partial charge < -0.3 is 47.3 Å². The van der Waals surface area contributed by atoms with E-state index in [0.717, 1.165) is 121 Å². The molecule has 0 aliphatic carbocycles. The lowest BCUT2D eigenvalue weighted by Gasteiger charge is -2.39. The molecular weight excluding hydrogens is 705 g/mol. The zero-order valence-corrected chi connectivity index (χ0v) is 33.6. The lowest BCUT2D eigenvalue weighted by molar-refractivity contribution is -0.136. The van der Waals surface area contributed by atoms with Crippen LogP contribution in [0.25, 0.3) is 0 Å². The van der Waals surface area contributed by atoms with E-state index < -0.39 is 6.04 Å². The largest absolute Gasteiger partial charge is 0.493 e. The number of carbonyl (C=O) groups is 1. The molecule has 0 aromatic heterocycles. The SMILES string of the molecule is CCOc1cccc(F)c1CN1CCN(C(=O)[C@H](N)C2CCN(CCc3cc(Cl)ccc3NCCCNCCCNCCCCNCCCN)CC2)CC1. The number of benzene rings is 2. The molecule has 2 saturated heterocycles. The highest BCUT2D eigenvalue weighted by Gasteiger charge is 2.33. The van der Waals surface area contributed by atoms with E-state index in [9.17, 15) is 9.18 Å². The summed E-state index contributed by atoms with van der Waals surface area (Å²) in [5, 5.41) is 14.9. The first-order valence-electron chi connectivity index (χ1n) is 20.6. The lowest BCUT2D eigenvalue weighted by atomic mass is 9.88. The highest BCUT2D eigenvalue weighted by molar-refractivity contribution is 6.30. The van der Waals surface area contributed by atoms with E-state index in [1.54, 1.807) is 6.07 Å². The van der Waals surface area contributed by atoms with Crippen LogP contribution in [0.5, 0.6) is 5.75 Å². The van der Waals surface area contributed by atoms with Crippen LogP contribution in [0.1, 0.15) is 63.0 Å². The summed E-state index contributed by atoms with van der Waals surface area (Å²) in [4.78, 5) is 20.0. The number of piperazine rings is 1. The van der Waals surface area contributed by atoms with Gasteiger partial charge in [-0.25, -0.2) is 4.39 Å². The summed E-state index contributed by atoms with van der Waals surface area (Å²) in [7, 11) is 0. The number of amides is 1. The molecule has 0 bridgehead atoms. The summed E-state index contributed by atoms with van der Waals surface area (Å²) >= 11 is 6.42. The van der Waals surface area contributed by atoms with E-state index in [1.165, 1.54) is 24.5 Å². The molecule has 2 aromatic carbocycles. The molecule has 13 heteroatoms. The zero-order valence-electron chi connectivity index (χ0n) is 32.9. The fourth-order valence-corrected chi connectivity index (χ4v) is 7.57. The number of halogens is 2. The molecule has 11 nitrogen and oxygen atoms in total. The first kappa shape index (κ1) is 44.2. The second-order valence-electron chi connectivity index (χ2n) is 14.7. The van der Waals surface area contributed by atoms with Gasteiger partial charge in [-0.05, 0) is 159 Å². The predicted octanol–water partition coefficient (Wildman–Crippen LogP) is 3.89. The summed E-state index contributed by atoms with van der Waals surface area (Å²) < 4.78 is 20.2. The van der Waals surface area contributed by atoms with Gasteiger partial charge in [0.2, 0.25) is 5.91 Å². The molecule has 0 radical (unpaired) electrons. The number of anilines is 1. The van der Waals surface area contributed by atoms with Crippen LogP contribution < -0.4 is 37.5 Å². The Hall–Kier alpha value is -2.55. The molecule has 1 amide bonds. The minimum Gasteiger partial charge on any atom is -0.493 e. The van der Waals surface area contributed by atoms with Crippen molar-refractivity contribution in [2.45, 2.75) is 70.9 Å². The van der Waals surface area contributed by atoms with Crippen molar-refractivity contribution in [3.8, 4) is 5.75 Å². The molecule has 4 rings (SSSR count). The molecule has 2 heterocycles. The van der Waals surface area contributed by atoms with Crippen LogP contribution >= 0.6 is 11.6 Å². The van der Waals surface area contributed by atoms with Crippen molar-refractivity contribution in [1.29, 1.82) is 0 Å². The number of rotatable bonds is 26. The average Bonchev–Trinajstić information content (AvgIpc) is 3.19. The molecule has 54 heavy (non-hydrogen) atoms. The molecule has 0 saturated carbocycles. The van der Waals surface area contributed by atoms with Crippen LogP contribution in [0.3, 0.4) is 0 Å². The molecule has 2 aromatic rings. The van der Waals surface area contributed by atoms with Crippen molar-refractivity contribution < 1.29 is 13.9 Å². The number of nitrogens with one attached hydrogen (secondary N) is 4. The molecule has 304 valence electrons. The Morgan fingerprint density at radius 3 is 2.19 bits per heavy atom. The third kappa shape index (κ3) is 15.5. The minimum absolute atomic E-state index is 0.0419. The van der Waals surface area contributed by atoms with Gasteiger partial charge >= 0.3 is 0 Å². The van der Waals surface area contributed by atoms with Gasteiger partial charge in [0.1, 0.15) is 11.6 Å². The van der Waals surface area contributed by atoms with Crippen molar-refractivity contribution in [2.24, 2.45) is 17.4 Å². The van der Waals surface area contributed by atoms with Crippen LogP contribution in [0.4, 0.5) is 10.1 Å². The fourth-order valence-electron chi connectivity index (χ4n) is 7.38. The molecule has 0 spiro atoms. The molecule has 8 N–H and O–H groups in total. The second-order valence-corrected chi connectivity index (χ2v) is 15.2. The van der Waals surface area contributed by atoms with Crippen molar-refractivity contribution in [2.75, 3.05) is 110 Å². The number of hydrogen-bond donors (Lipinski definition) is 6. The van der Waals surface area contributed by atoms with E-state index in [-0.39, 0.29) is 17.6 Å². The zero-order chi connectivity index (χ0) is 38.4. The molecule has 2 aliphatic heterocycles. The Morgan fingerprint density at radius 1 is 0.870 bits per heavy atom. The maximum atomic E-state index is 14.6. The standard InChI is InChI=1S/C41H69ClFN9O2/c1-2-54-39-10-5-9-37(43)36(39)32-51-27-29-52(30-28-51)41(53)40(45)33-13-24-50(25-14-33)26-15-34-31-35(42)11-12-38(34)49-23-8-22-48-21-7-20-47-18-4-3-17-46-19-6-16-44/h5,9-12,31,33,40,46-49H,2-4,6-8,13-30,32,44-45H2,1H3/t40-/m1/s1. The minimum atomic E-state index is -0.487. The van der Waals surface area contributed by atoms with Gasteiger partial charge in [0.15, 0.2) is 0 Å². The predicted molar refractivity (Wildman–Crippen MR) is 221 cm³/mol. The van der Waals surface area contributed by atoms with E-state index >= 15 is 0 Å². The Balaban J connectivity index is 1.07. The molecular formula is C41H69ClFN9O2. The third-order valence-corrected chi connectivity index (χ3v) is 10.9. The lowest BCUT2D eigenvalue weighted by Crippen LogP contribution is -2.55. The van der Waals surface area contributed by atoms with Crippen LogP contribution in [-0.2, 0) is 17.8 Å². The highest BCUT2D eigenvalue weighted by atomic mass is 35.5. The summed E-state index contributed by atoms with van der Waals surface area (Å²) in [6.07, 6.45) is 8.39. The number of unbranched alkanes of at least 4 members (excludes halogenated alkanes) is 1. The van der Waals surface area contributed by atoms with Crippen molar-refractivity contribution in [3.63, 3.8) is 0 Å². The summed E-state index contributed by atoms with van der Waals surface area (Å²) in [5.41, 5.74) is 15.1. The Kier molecular flexibility index (Phi) is 20.9. The first-order valence-corrected chi connectivity index (χ1v) is 21.0. The maximum absolute atomic E-state index is 14.6. The summed E-state index contributed by atoms with van der Waals surface area (Å²) in [5.74, 6) is 0.557. The van der Waals surface area contributed by atoms with E-state index in [1.807, 2.05) is 24.0 Å². The number of piperidine rings is 1. The fraction of sp³-hybridized carbons (Fsp3) is 0.683. The Bertz CT molecular complexity index is 1340. The number of nitrogens with two attached hydrogens (primary N) is 2. The third-order valence-electron chi connectivity index (χ3n) is 10.7. The Labute approximate surface area is 329 Å². The van der Waals surface area contributed by atoms with Crippen LogP contribution in [0.2, 0.25) is 5.02 Å². The molecule has 0 unspecified atom stereocenters. The van der Waals surface area contributed by atoms with Gasteiger partial charge in [-0.1, -0.05) is 17.7 Å². The van der Waals surface area contributed by atoms with Crippen LogP contribution in [0, 0.1) is 11.7 Å². The molecule has 2 aliphatic rings. The van der Waals surface area contributed by atoms with Gasteiger partial charge in [0, 0.05) is 62.1 Å². The quantitative estimate of drug-likeness (QED) is 0.0783. The summed E-state index contributed by atoms with van der Waals surface area (Å²) in [6.45, 7) is 16.2. The van der Waals surface area contributed by atoms with Crippen molar-refractivity contribution in [1.82, 2.24) is 30.7 Å². The smallest absolute Gasteiger partial charge is 0.239 e. The number of carbonyl (C=O) groups excluding carboxylic acids is 1. The first-order chi connectivity index (χ1) is 26.4. The highest BCUT2D eigenvalue weighted by Crippen LogP contribution is 2.26. The van der Waals surface area contributed by atoms with Crippen LogP contribution in [0.15, 0.2) is 36.4 Å². The average molecular weight is 775 g/mol. The molecule has 1 atom stereocenters. The number of hydrogen-bond acceptors (Lipinski definition) is 10. The number of nitrogens with zero attached hydrogens (tertiary/aromatic N) is 3. The van der Waals surface area contributed by atoms with Gasteiger partial charge in [-0.3, -0.25) is 9.69 Å². The van der Waals surface area contributed by atoms with Crippen LogP contribution in [-0.4, -0.2) is 131 Å². The second kappa shape index (κ2) is 25.6. The van der Waals surface area contributed by atoms with E-state index in [2.05, 4.69) is 43.2 Å². The van der Waals surface area contributed by atoms with Gasteiger partial charge in [0.05, 0.1) is 12.6 Å². The Morgan fingerprint density at radius 2 is 1.52 bits per heavy atom. The maximum Gasteiger partial charge on any atom is 0.239 e. The van der Waals surface area contributed by atoms with Gasteiger partial charge in [-0.2, -0.15) is 0 Å². The monoisotopic (exact) mass is 774 g/mol. The topological polar surface area (TPSA) is 136 Å². The van der Waals surface area contributed by atoms with Crippen molar-refractivity contribution in [3.05, 3.63) is 58.4 Å².